The van der Waals surface area contributed by atoms with Gasteiger partial charge in [-0.25, -0.2) is 0 Å². The number of unbranched alkanes of at least 4 members (excludes halogenated alkanes) is 1. The lowest BCUT2D eigenvalue weighted by Gasteiger charge is -2.41. The molecule has 0 spiro atoms. The number of esters is 1. The molecule has 0 unspecified atom stereocenters. The number of carbonyl (C=O) groups is 2. The number of methoxy groups -OCH3 is 1. The maximum atomic E-state index is 12.6. The molecular formula is C15H23NO3. The van der Waals surface area contributed by atoms with Gasteiger partial charge >= 0.3 is 5.97 Å². The minimum atomic E-state index is -0.295. The Balaban J connectivity index is 2.13. The number of ether oxygens (including phenoxy) is 1. The van der Waals surface area contributed by atoms with E-state index in [0.717, 1.165) is 32.4 Å². The number of likely N-dealkylation sites (tertiary alicyclic amines) is 1. The average molecular weight is 265 g/mol. The lowest BCUT2D eigenvalue weighted by Crippen LogP contribution is -2.50. The maximum absolute atomic E-state index is 12.6. The van der Waals surface area contributed by atoms with E-state index in [1.165, 1.54) is 7.11 Å². The Morgan fingerprint density at radius 3 is 3.00 bits per heavy atom. The van der Waals surface area contributed by atoms with Crippen LogP contribution in [0.3, 0.4) is 0 Å². The summed E-state index contributed by atoms with van der Waals surface area (Å²) in [6.07, 6.45) is 7.84. The summed E-state index contributed by atoms with van der Waals surface area (Å²) in [5, 5.41) is 0. The monoisotopic (exact) mass is 265 g/mol. The Bertz CT molecular complexity index is 378. The van der Waals surface area contributed by atoms with E-state index in [1.54, 1.807) is 0 Å². The lowest BCUT2D eigenvalue weighted by atomic mass is 9.71. The first kappa shape index (κ1) is 14.1. The van der Waals surface area contributed by atoms with Crippen LogP contribution in [0.4, 0.5) is 0 Å². The van der Waals surface area contributed by atoms with Gasteiger partial charge in [0.25, 0.3) is 0 Å². The van der Waals surface area contributed by atoms with E-state index in [2.05, 4.69) is 13.0 Å². The van der Waals surface area contributed by atoms with Crippen LogP contribution in [0.2, 0.25) is 0 Å². The van der Waals surface area contributed by atoms with Crippen LogP contribution in [0.15, 0.2) is 12.2 Å². The second-order valence-corrected chi connectivity index (χ2v) is 5.45. The average Bonchev–Trinajstić information content (AvgIpc) is 2.45. The van der Waals surface area contributed by atoms with Crippen molar-refractivity contribution in [3.05, 3.63) is 12.2 Å². The van der Waals surface area contributed by atoms with Gasteiger partial charge in [0.1, 0.15) is 0 Å². The summed E-state index contributed by atoms with van der Waals surface area (Å²) in [6.45, 7) is 3.76. The van der Waals surface area contributed by atoms with E-state index in [-0.39, 0.29) is 29.6 Å². The molecule has 0 aromatic heterocycles. The van der Waals surface area contributed by atoms with Crippen molar-refractivity contribution in [1.29, 1.82) is 0 Å². The van der Waals surface area contributed by atoms with E-state index < -0.39 is 0 Å². The van der Waals surface area contributed by atoms with Crippen LogP contribution in [0, 0.1) is 17.8 Å². The van der Waals surface area contributed by atoms with Crippen LogP contribution < -0.4 is 0 Å². The van der Waals surface area contributed by atoms with Crippen LogP contribution in [0.25, 0.3) is 0 Å². The lowest BCUT2D eigenvalue weighted by molar-refractivity contribution is -0.157. The molecule has 0 N–H and O–H groups in total. The van der Waals surface area contributed by atoms with Crippen molar-refractivity contribution in [3.8, 4) is 0 Å². The van der Waals surface area contributed by atoms with Crippen LogP contribution in [0.5, 0.6) is 0 Å². The van der Waals surface area contributed by atoms with E-state index in [9.17, 15) is 9.59 Å². The fourth-order valence-corrected chi connectivity index (χ4v) is 3.19. The zero-order valence-electron chi connectivity index (χ0n) is 11.8. The van der Waals surface area contributed by atoms with Crippen molar-refractivity contribution < 1.29 is 14.3 Å². The third-order valence-corrected chi connectivity index (χ3v) is 4.28. The third-order valence-electron chi connectivity index (χ3n) is 4.28. The molecule has 0 bridgehead atoms. The summed E-state index contributed by atoms with van der Waals surface area (Å²) in [6, 6.07) is 0. The molecule has 0 aromatic carbocycles. The predicted octanol–water partition coefficient (Wildman–Crippen LogP) is 2.00. The van der Waals surface area contributed by atoms with E-state index >= 15 is 0 Å². The normalized spacial score (nSPS) is 30.1. The summed E-state index contributed by atoms with van der Waals surface area (Å²) >= 11 is 0. The van der Waals surface area contributed by atoms with Gasteiger partial charge in [0.05, 0.1) is 18.9 Å². The SMILES string of the molecule is CCCCN1CC[C@@H]2C=CC[C@H](C(=O)OC)[C@H]2C1=O. The molecule has 0 aromatic rings. The number of amides is 1. The van der Waals surface area contributed by atoms with Crippen LogP contribution in [0.1, 0.15) is 32.6 Å². The summed E-state index contributed by atoms with van der Waals surface area (Å²) in [7, 11) is 1.40. The van der Waals surface area contributed by atoms with E-state index in [4.69, 9.17) is 4.74 Å². The highest BCUT2D eigenvalue weighted by molar-refractivity contribution is 5.87. The first-order chi connectivity index (χ1) is 9.19. The molecule has 2 aliphatic rings. The zero-order valence-corrected chi connectivity index (χ0v) is 11.8. The van der Waals surface area contributed by atoms with Crippen molar-refractivity contribution in [3.63, 3.8) is 0 Å². The number of hydrogen-bond donors (Lipinski definition) is 0. The van der Waals surface area contributed by atoms with Gasteiger partial charge in [0.15, 0.2) is 0 Å². The number of carbonyl (C=O) groups excluding carboxylic acids is 2. The minimum absolute atomic E-state index is 0.143. The predicted molar refractivity (Wildman–Crippen MR) is 72.3 cm³/mol. The van der Waals surface area contributed by atoms with E-state index in [1.807, 2.05) is 11.0 Å². The van der Waals surface area contributed by atoms with Gasteiger partial charge in [-0.15, -0.1) is 0 Å². The van der Waals surface area contributed by atoms with Gasteiger partial charge < -0.3 is 9.64 Å². The van der Waals surface area contributed by atoms with Gasteiger partial charge in [-0.3, -0.25) is 9.59 Å². The van der Waals surface area contributed by atoms with Gasteiger partial charge in [-0.05, 0) is 25.2 Å². The summed E-state index contributed by atoms with van der Waals surface area (Å²) < 4.78 is 4.86. The molecule has 106 valence electrons. The van der Waals surface area contributed by atoms with Gasteiger partial charge in [-0.2, -0.15) is 0 Å². The summed E-state index contributed by atoms with van der Waals surface area (Å²) in [5.41, 5.74) is 0. The molecule has 1 heterocycles. The van der Waals surface area contributed by atoms with Gasteiger partial charge in [0, 0.05) is 13.1 Å². The van der Waals surface area contributed by atoms with Crippen LogP contribution in [-0.4, -0.2) is 37.0 Å². The molecular weight excluding hydrogens is 242 g/mol. The molecule has 2 rings (SSSR count). The van der Waals surface area contributed by atoms with Crippen LogP contribution >= 0.6 is 0 Å². The molecule has 0 saturated carbocycles. The van der Waals surface area contributed by atoms with Crippen molar-refractivity contribution in [2.24, 2.45) is 17.8 Å². The third kappa shape index (κ3) is 2.82. The van der Waals surface area contributed by atoms with Crippen LogP contribution in [-0.2, 0) is 14.3 Å². The molecule has 1 aliphatic carbocycles. The smallest absolute Gasteiger partial charge is 0.309 e. The highest BCUT2D eigenvalue weighted by Gasteiger charge is 2.44. The number of fused-ring (bicyclic) bond motifs is 1. The van der Waals surface area contributed by atoms with Gasteiger partial charge in [-0.1, -0.05) is 25.5 Å². The summed E-state index contributed by atoms with van der Waals surface area (Å²) in [4.78, 5) is 26.4. The second kappa shape index (κ2) is 6.22. The number of rotatable bonds is 4. The number of hydrogen-bond acceptors (Lipinski definition) is 3. The van der Waals surface area contributed by atoms with Crippen molar-refractivity contribution >= 4 is 11.9 Å². The van der Waals surface area contributed by atoms with E-state index in [0.29, 0.717) is 6.42 Å². The first-order valence-electron chi connectivity index (χ1n) is 7.22. The van der Waals surface area contributed by atoms with Gasteiger partial charge in [0.2, 0.25) is 5.91 Å². The fraction of sp³-hybridized carbons (Fsp3) is 0.733. The molecule has 1 aliphatic heterocycles. The number of allylic oxidation sites excluding steroid dienone is 2. The van der Waals surface area contributed by atoms with Crippen molar-refractivity contribution in [1.82, 2.24) is 4.90 Å². The molecule has 4 heteroatoms. The molecule has 19 heavy (non-hydrogen) atoms. The highest BCUT2D eigenvalue weighted by Crippen LogP contribution is 2.37. The number of nitrogens with zero attached hydrogens (tertiary/aromatic N) is 1. The number of piperidine rings is 1. The molecule has 0 radical (unpaired) electrons. The molecule has 4 nitrogen and oxygen atoms in total. The fourth-order valence-electron chi connectivity index (χ4n) is 3.19. The quantitative estimate of drug-likeness (QED) is 0.577. The largest absolute Gasteiger partial charge is 0.469 e. The summed E-state index contributed by atoms with van der Waals surface area (Å²) in [5.74, 6) is -0.391. The zero-order chi connectivity index (χ0) is 13.8. The maximum Gasteiger partial charge on any atom is 0.309 e. The Hall–Kier alpha value is -1.32. The standard InChI is InChI=1S/C15H23NO3/c1-3-4-9-16-10-8-11-6-5-7-12(15(18)19-2)13(11)14(16)17/h5-6,11-13H,3-4,7-10H2,1-2H3/t11-,12-,13-/m0/s1. The topological polar surface area (TPSA) is 46.6 Å². The Kier molecular flexibility index (Phi) is 4.61. The molecule has 1 amide bonds. The Morgan fingerprint density at radius 2 is 2.32 bits per heavy atom. The minimum Gasteiger partial charge on any atom is -0.469 e. The molecule has 1 fully saturated rings. The molecule has 3 atom stereocenters. The molecule has 1 saturated heterocycles. The van der Waals surface area contributed by atoms with Crippen molar-refractivity contribution in [2.75, 3.05) is 20.2 Å². The van der Waals surface area contributed by atoms with Crippen molar-refractivity contribution in [2.45, 2.75) is 32.6 Å². The first-order valence-corrected chi connectivity index (χ1v) is 7.22. The Morgan fingerprint density at radius 1 is 1.53 bits per heavy atom. The highest BCUT2D eigenvalue weighted by atomic mass is 16.5. The second-order valence-electron chi connectivity index (χ2n) is 5.45. The Labute approximate surface area is 114 Å².